The number of nitrogens with two attached hydrogens (primary N) is 1. The van der Waals surface area contributed by atoms with Crippen LogP contribution >= 0.6 is 0 Å². The Bertz CT molecular complexity index is 189. The van der Waals surface area contributed by atoms with Crippen molar-refractivity contribution in [3.05, 3.63) is 24.0 Å². The third-order valence-electron chi connectivity index (χ3n) is 1.38. The standard InChI is InChI=1S/C7H12N2/c1-6(8)7-3-4-9(2)5-7/h3-6H,8H2,1-2H3/t6-/m0/s1. The molecule has 0 unspecified atom stereocenters. The maximum Gasteiger partial charge on any atom is 0.0281 e. The Morgan fingerprint density at radius 2 is 2.33 bits per heavy atom. The average Bonchev–Trinajstić information content (AvgIpc) is 2.14. The SMILES string of the molecule is C[C@H](N)c1ccn(C)c1. The van der Waals surface area contributed by atoms with Gasteiger partial charge in [-0.25, -0.2) is 0 Å². The van der Waals surface area contributed by atoms with E-state index in [0.29, 0.717) is 0 Å². The predicted octanol–water partition coefficient (Wildman–Crippen LogP) is 1.04. The van der Waals surface area contributed by atoms with Crippen molar-refractivity contribution in [3.63, 3.8) is 0 Å². The molecule has 50 valence electrons. The van der Waals surface area contributed by atoms with Crippen molar-refractivity contribution < 1.29 is 0 Å². The molecule has 0 aromatic carbocycles. The van der Waals surface area contributed by atoms with Gasteiger partial charge >= 0.3 is 0 Å². The molecular formula is C7H12N2. The summed E-state index contributed by atoms with van der Waals surface area (Å²) >= 11 is 0. The van der Waals surface area contributed by atoms with E-state index in [0.717, 1.165) is 0 Å². The van der Waals surface area contributed by atoms with Gasteiger partial charge < -0.3 is 10.3 Å². The number of aromatic nitrogens is 1. The second-order valence-corrected chi connectivity index (χ2v) is 2.40. The number of hydrogen-bond donors (Lipinski definition) is 1. The molecule has 1 heterocycles. The molecule has 0 spiro atoms. The summed E-state index contributed by atoms with van der Waals surface area (Å²) in [6.07, 6.45) is 4.03. The van der Waals surface area contributed by atoms with Gasteiger partial charge in [0.2, 0.25) is 0 Å². The van der Waals surface area contributed by atoms with Gasteiger partial charge in [-0.05, 0) is 18.6 Å². The third-order valence-corrected chi connectivity index (χ3v) is 1.38. The van der Waals surface area contributed by atoms with Crippen molar-refractivity contribution in [1.29, 1.82) is 0 Å². The first kappa shape index (κ1) is 6.36. The number of hydrogen-bond acceptors (Lipinski definition) is 1. The zero-order valence-corrected chi connectivity index (χ0v) is 5.83. The van der Waals surface area contributed by atoms with Crippen LogP contribution in [0.25, 0.3) is 0 Å². The van der Waals surface area contributed by atoms with Crippen LogP contribution in [0.15, 0.2) is 18.5 Å². The van der Waals surface area contributed by atoms with Crippen LogP contribution in [-0.4, -0.2) is 4.57 Å². The number of nitrogens with zero attached hydrogens (tertiary/aromatic N) is 1. The Hall–Kier alpha value is -0.760. The monoisotopic (exact) mass is 124 g/mol. The fourth-order valence-corrected chi connectivity index (χ4v) is 0.794. The molecule has 0 saturated heterocycles. The van der Waals surface area contributed by atoms with E-state index in [2.05, 4.69) is 0 Å². The van der Waals surface area contributed by atoms with Crippen LogP contribution in [-0.2, 0) is 7.05 Å². The summed E-state index contributed by atoms with van der Waals surface area (Å²) in [4.78, 5) is 0. The molecule has 0 radical (unpaired) electrons. The first-order chi connectivity index (χ1) is 4.20. The minimum atomic E-state index is 0.159. The van der Waals surface area contributed by atoms with Gasteiger partial charge in [0.1, 0.15) is 0 Å². The Morgan fingerprint density at radius 3 is 2.56 bits per heavy atom. The molecule has 0 saturated carbocycles. The number of rotatable bonds is 1. The molecule has 2 heteroatoms. The molecule has 1 aromatic rings. The van der Waals surface area contributed by atoms with Crippen LogP contribution in [0.2, 0.25) is 0 Å². The fourth-order valence-electron chi connectivity index (χ4n) is 0.794. The van der Waals surface area contributed by atoms with E-state index in [4.69, 9.17) is 5.73 Å². The van der Waals surface area contributed by atoms with Crippen LogP contribution in [0.5, 0.6) is 0 Å². The van der Waals surface area contributed by atoms with E-state index in [-0.39, 0.29) is 6.04 Å². The summed E-state index contributed by atoms with van der Waals surface area (Å²) in [7, 11) is 1.99. The van der Waals surface area contributed by atoms with Crippen molar-refractivity contribution >= 4 is 0 Å². The van der Waals surface area contributed by atoms with Crippen LogP contribution in [0.4, 0.5) is 0 Å². The third kappa shape index (κ3) is 1.33. The topological polar surface area (TPSA) is 30.9 Å². The highest BCUT2D eigenvalue weighted by Gasteiger charge is 1.97. The normalized spacial score (nSPS) is 13.7. The maximum absolute atomic E-state index is 5.61. The predicted molar refractivity (Wildman–Crippen MR) is 38.0 cm³/mol. The van der Waals surface area contributed by atoms with Crippen LogP contribution < -0.4 is 5.73 Å². The minimum Gasteiger partial charge on any atom is -0.357 e. The molecule has 0 amide bonds. The smallest absolute Gasteiger partial charge is 0.0281 e. The molecule has 2 N–H and O–H groups in total. The highest BCUT2D eigenvalue weighted by Crippen LogP contribution is 2.07. The molecular weight excluding hydrogens is 112 g/mol. The summed E-state index contributed by atoms with van der Waals surface area (Å²) in [5.74, 6) is 0. The van der Waals surface area contributed by atoms with Gasteiger partial charge in [0.15, 0.2) is 0 Å². The summed E-state index contributed by atoms with van der Waals surface area (Å²) in [5, 5.41) is 0. The summed E-state index contributed by atoms with van der Waals surface area (Å²) in [6.45, 7) is 1.98. The Balaban J connectivity index is 2.85. The molecule has 0 fully saturated rings. The Morgan fingerprint density at radius 1 is 1.67 bits per heavy atom. The second-order valence-electron chi connectivity index (χ2n) is 2.40. The van der Waals surface area contributed by atoms with Gasteiger partial charge in [-0.1, -0.05) is 0 Å². The first-order valence-electron chi connectivity index (χ1n) is 3.07. The first-order valence-corrected chi connectivity index (χ1v) is 3.07. The van der Waals surface area contributed by atoms with Crippen molar-refractivity contribution in [2.45, 2.75) is 13.0 Å². The van der Waals surface area contributed by atoms with Crippen molar-refractivity contribution in [2.24, 2.45) is 12.8 Å². The minimum absolute atomic E-state index is 0.159. The summed E-state index contributed by atoms with van der Waals surface area (Å²) < 4.78 is 2.00. The van der Waals surface area contributed by atoms with Gasteiger partial charge in [0, 0.05) is 25.5 Å². The lowest BCUT2D eigenvalue weighted by Crippen LogP contribution is -2.03. The zero-order valence-electron chi connectivity index (χ0n) is 5.83. The van der Waals surface area contributed by atoms with Crippen molar-refractivity contribution in [1.82, 2.24) is 4.57 Å². The lowest BCUT2D eigenvalue weighted by molar-refractivity contribution is 0.809. The zero-order chi connectivity index (χ0) is 6.85. The maximum atomic E-state index is 5.61. The van der Waals surface area contributed by atoms with Gasteiger partial charge in [-0.3, -0.25) is 0 Å². The molecule has 2 nitrogen and oxygen atoms in total. The van der Waals surface area contributed by atoms with E-state index < -0.39 is 0 Å². The van der Waals surface area contributed by atoms with Crippen LogP contribution in [0.1, 0.15) is 18.5 Å². The molecule has 0 bridgehead atoms. The molecule has 1 atom stereocenters. The molecule has 0 aliphatic heterocycles. The average molecular weight is 124 g/mol. The van der Waals surface area contributed by atoms with Crippen molar-refractivity contribution in [2.75, 3.05) is 0 Å². The molecule has 1 rings (SSSR count). The second kappa shape index (κ2) is 2.23. The summed E-state index contributed by atoms with van der Waals surface area (Å²) in [6, 6.07) is 2.19. The number of aryl methyl sites for hydroxylation is 1. The fraction of sp³-hybridized carbons (Fsp3) is 0.429. The van der Waals surface area contributed by atoms with Crippen LogP contribution in [0.3, 0.4) is 0 Å². The molecule has 0 aliphatic rings. The molecule has 9 heavy (non-hydrogen) atoms. The van der Waals surface area contributed by atoms with E-state index in [9.17, 15) is 0 Å². The Labute approximate surface area is 55.3 Å². The van der Waals surface area contributed by atoms with E-state index in [1.165, 1.54) is 5.56 Å². The molecule has 0 aliphatic carbocycles. The quantitative estimate of drug-likeness (QED) is 0.596. The van der Waals surface area contributed by atoms with Gasteiger partial charge in [-0.2, -0.15) is 0 Å². The molecule has 1 aromatic heterocycles. The van der Waals surface area contributed by atoms with Crippen molar-refractivity contribution in [3.8, 4) is 0 Å². The van der Waals surface area contributed by atoms with Gasteiger partial charge in [-0.15, -0.1) is 0 Å². The van der Waals surface area contributed by atoms with Crippen LogP contribution in [0, 0.1) is 0 Å². The van der Waals surface area contributed by atoms with E-state index in [1.54, 1.807) is 0 Å². The largest absolute Gasteiger partial charge is 0.357 e. The van der Waals surface area contributed by atoms with Gasteiger partial charge in [0.05, 0.1) is 0 Å². The highest BCUT2D eigenvalue weighted by molar-refractivity contribution is 5.13. The lowest BCUT2D eigenvalue weighted by Gasteiger charge is -1.97. The van der Waals surface area contributed by atoms with E-state index >= 15 is 0 Å². The Kier molecular flexibility index (Phi) is 1.58. The highest BCUT2D eigenvalue weighted by atomic mass is 14.9. The van der Waals surface area contributed by atoms with Gasteiger partial charge in [0.25, 0.3) is 0 Å². The summed E-state index contributed by atoms with van der Waals surface area (Å²) in [5.41, 5.74) is 6.81. The lowest BCUT2D eigenvalue weighted by atomic mass is 10.2. The van der Waals surface area contributed by atoms with E-state index in [1.807, 2.05) is 37.0 Å².